The summed E-state index contributed by atoms with van der Waals surface area (Å²) < 4.78 is 44.3. The Labute approximate surface area is 189 Å². The minimum absolute atomic E-state index is 0.154. The van der Waals surface area contributed by atoms with Gasteiger partial charge in [0.25, 0.3) is 5.91 Å². The predicted octanol–water partition coefficient (Wildman–Crippen LogP) is 3.87. The van der Waals surface area contributed by atoms with Crippen LogP contribution in [0.15, 0.2) is 29.4 Å². The van der Waals surface area contributed by atoms with E-state index in [4.69, 9.17) is 14.8 Å². The van der Waals surface area contributed by atoms with Crippen LogP contribution in [0.5, 0.6) is 0 Å². The molecule has 2 aromatic carbocycles. The first-order valence-corrected chi connectivity index (χ1v) is 10.4. The van der Waals surface area contributed by atoms with Crippen molar-refractivity contribution in [3.8, 4) is 0 Å². The Morgan fingerprint density at radius 3 is 2.71 bits per heavy atom. The van der Waals surface area contributed by atoms with Crippen molar-refractivity contribution in [1.29, 1.82) is 0 Å². The highest BCUT2D eigenvalue weighted by Gasteiger charge is 2.24. The molecule has 1 fully saturated rings. The molecule has 1 amide bonds. The van der Waals surface area contributed by atoms with Crippen LogP contribution in [0.4, 0.5) is 24.5 Å². The number of nitrogens with one attached hydrogen (secondary N) is 2. The van der Waals surface area contributed by atoms with Crippen molar-refractivity contribution in [2.45, 2.75) is 12.8 Å². The molecule has 0 aromatic heterocycles. The fourth-order valence-electron chi connectivity index (χ4n) is 2.51. The molecule has 7 nitrogen and oxygen atoms in total. The number of benzene rings is 2. The Morgan fingerprint density at radius 1 is 1.26 bits per heavy atom. The zero-order valence-corrected chi connectivity index (χ0v) is 18.3. The van der Waals surface area contributed by atoms with Crippen molar-refractivity contribution in [3.63, 3.8) is 0 Å². The van der Waals surface area contributed by atoms with Gasteiger partial charge in [-0.3, -0.25) is 9.63 Å². The van der Waals surface area contributed by atoms with E-state index < -0.39 is 29.0 Å². The number of nitrogens with zero attached hydrogens (tertiary/aromatic N) is 1. The van der Waals surface area contributed by atoms with E-state index in [-0.39, 0.29) is 30.0 Å². The smallest absolute Gasteiger partial charge is 0.277 e. The number of halogens is 4. The first kappa shape index (κ1) is 23.3. The topological polar surface area (TPSA) is 92.2 Å². The normalized spacial score (nSPS) is 13.5. The van der Waals surface area contributed by atoms with Gasteiger partial charge in [0.2, 0.25) is 0 Å². The summed E-state index contributed by atoms with van der Waals surface area (Å²) in [4.78, 5) is 22.3. The molecular weight excluding hydrogens is 530 g/mol. The van der Waals surface area contributed by atoms with Crippen molar-refractivity contribution in [3.05, 3.63) is 56.4 Å². The number of carbonyl (C=O) groups is 1. The van der Waals surface area contributed by atoms with Gasteiger partial charge in [0, 0.05) is 9.13 Å². The monoisotopic (exact) mass is 549 g/mol. The van der Waals surface area contributed by atoms with Crippen LogP contribution in [0, 0.1) is 26.9 Å². The second-order valence-corrected chi connectivity index (χ2v) is 7.99. The van der Waals surface area contributed by atoms with Crippen LogP contribution in [0.3, 0.4) is 0 Å². The minimum Gasteiger partial charge on any atom is -0.396 e. The summed E-state index contributed by atoms with van der Waals surface area (Å²) in [6.07, 6.45) is 3.03. The highest BCUT2D eigenvalue weighted by molar-refractivity contribution is 14.1. The molecule has 2 aromatic rings. The number of anilines is 2. The van der Waals surface area contributed by atoms with Gasteiger partial charge in [-0.25, -0.2) is 18.7 Å². The van der Waals surface area contributed by atoms with Crippen molar-refractivity contribution >= 4 is 46.1 Å². The number of aliphatic hydroxyl groups excluding tert-OH is 1. The first-order valence-electron chi connectivity index (χ1n) is 9.33. The zero-order chi connectivity index (χ0) is 22.4. The SMILES string of the molecule is O=C(NOCCO)c1cc(/C=N/OCC2CC2)c(F)c(F)c1Nc1ccc(I)cc1F. The average Bonchev–Trinajstić information content (AvgIpc) is 3.56. The van der Waals surface area contributed by atoms with Gasteiger partial charge in [0.05, 0.1) is 36.4 Å². The van der Waals surface area contributed by atoms with Crippen LogP contribution >= 0.6 is 22.6 Å². The third-order valence-electron chi connectivity index (χ3n) is 4.30. The second kappa shape index (κ2) is 10.8. The molecule has 0 aliphatic heterocycles. The maximum Gasteiger partial charge on any atom is 0.277 e. The molecule has 3 rings (SSSR count). The predicted molar refractivity (Wildman–Crippen MR) is 116 cm³/mol. The third kappa shape index (κ3) is 6.31. The van der Waals surface area contributed by atoms with Crippen LogP contribution in [0.25, 0.3) is 0 Å². The molecule has 3 N–H and O–H groups in total. The molecule has 31 heavy (non-hydrogen) atoms. The van der Waals surface area contributed by atoms with Crippen molar-refractivity contribution < 1.29 is 32.7 Å². The number of hydroxylamine groups is 1. The first-order chi connectivity index (χ1) is 14.9. The van der Waals surface area contributed by atoms with Crippen LogP contribution in [0.2, 0.25) is 0 Å². The third-order valence-corrected chi connectivity index (χ3v) is 4.97. The lowest BCUT2D eigenvalue weighted by molar-refractivity contribution is 0.0168. The maximum atomic E-state index is 14.9. The fourth-order valence-corrected chi connectivity index (χ4v) is 2.96. The Kier molecular flexibility index (Phi) is 8.09. The summed E-state index contributed by atoms with van der Waals surface area (Å²) in [7, 11) is 0. The number of carbonyl (C=O) groups excluding carboxylic acids is 1. The van der Waals surface area contributed by atoms with E-state index in [1.807, 2.05) is 28.1 Å². The molecule has 0 radical (unpaired) electrons. The number of aliphatic hydroxyl groups is 1. The molecule has 0 atom stereocenters. The summed E-state index contributed by atoms with van der Waals surface area (Å²) in [5.74, 6) is -3.93. The summed E-state index contributed by atoms with van der Waals surface area (Å²) in [5, 5.41) is 14.8. The highest BCUT2D eigenvalue weighted by Crippen LogP contribution is 2.31. The molecule has 11 heteroatoms. The summed E-state index contributed by atoms with van der Waals surface area (Å²) >= 11 is 1.90. The fraction of sp³-hybridized carbons (Fsp3) is 0.300. The average molecular weight is 549 g/mol. The van der Waals surface area contributed by atoms with Gasteiger partial charge in [-0.1, -0.05) is 5.16 Å². The number of hydrogen-bond donors (Lipinski definition) is 3. The molecule has 0 unspecified atom stereocenters. The van der Waals surface area contributed by atoms with Gasteiger partial charge in [-0.05, 0) is 65.6 Å². The molecule has 1 aliphatic carbocycles. The van der Waals surface area contributed by atoms with Gasteiger partial charge in [0.1, 0.15) is 12.4 Å². The van der Waals surface area contributed by atoms with E-state index in [0.29, 0.717) is 16.1 Å². The largest absolute Gasteiger partial charge is 0.396 e. The Morgan fingerprint density at radius 2 is 2.03 bits per heavy atom. The summed E-state index contributed by atoms with van der Waals surface area (Å²) in [5.41, 5.74) is 0.575. The molecule has 0 heterocycles. The molecule has 0 spiro atoms. The standard InChI is InChI=1S/C20H19F3IN3O4/c21-15-8-13(24)3-4-16(15)26-19-14(20(29)27-30-6-5-28)7-12(17(22)18(19)23)9-25-31-10-11-1-2-11/h3-4,7-9,11,26,28H,1-2,5-6,10H2,(H,27,29)/b25-9+. The number of rotatable bonds is 10. The van der Waals surface area contributed by atoms with Crippen molar-refractivity contribution in [2.24, 2.45) is 11.1 Å². The summed E-state index contributed by atoms with van der Waals surface area (Å²) in [6.45, 7) is -0.213. The van der Waals surface area contributed by atoms with E-state index in [0.717, 1.165) is 25.1 Å². The van der Waals surface area contributed by atoms with Crippen LogP contribution in [-0.4, -0.2) is 37.0 Å². The Balaban J connectivity index is 1.93. The lowest BCUT2D eigenvalue weighted by atomic mass is 10.1. The van der Waals surface area contributed by atoms with E-state index in [1.165, 1.54) is 12.1 Å². The van der Waals surface area contributed by atoms with Gasteiger partial charge in [-0.2, -0.15) is 0 Å². The quantitative estimate of drug-likeness (QED) is 0.181. The molecular formula is C20H19F3IN3O4. The van der Waals surface area contributed by atoms with E-state index in [1.54, 1.807) is 6.07 Å². The van der Waals surface area contributed by atoms with Gasteiger partial charge in [0.15, 0.2) is 11.6 Å². The van der Waals surface area contributed by atoms with Gasteiger partial charge in [-0.15, -0.1) is 0 Å². The zero-order valence-electron chi connectivity index (χ0n) is 16.1. The molecule has 0 saturated heterocycles. The molecule has 0 bridgehead atoms. The van der Waals surface area contributed by atoms with Gasteiger partial charge >= 0.3 is 0 Å². The molecule has 166 valence electrons. The second-order valence-electron chi connectivity index (χ2n) is 6.74. The highest BCUT2D eigenvalue weighted by atomic mass is 127. The minimum atomic E-state index is -1.41. The number of amides is 1. The van der Waals surface area contributed by atoms with E-state index in [9.17, 15) is 18.0 Å². The van der Waals surface area contributed by atoms with Crippen LogP contribution in [-0.2, 0) is 9.68 Å². The lowest BCUT2D eigenvalue weighted by Gasteiger charge is -2.15. The van der Waals surface area contributed by atoms with Gasteiger partial charge < -0.3 is 15.3 Å². The van der Waals surface area contributed by atoms with Crippen molar-refractivity contribution in [2.75, 3.05) is 25.1 Å². The lowest BCUT2D eigenvalue weighted by Crippen LogP contribution is -2.26. The van der Waals surface area contributed by atoms with Crippen LogP contribution in [0.1, 0.15) is 28.8 Å². The van der Waals surface area contributed by atoms with Crippen LogP contribution < -0.4 is 10.8 Å². The Bertz CT molecular complexity index is 987. The van der Waals surface area contributed by atoms with E-state index >= 15 is 0 Å². The number of hydrogen-bond acceptors (Lipinski definition) is 6. The van der Waals surface area contributed by atoms with E-state index in [2.05, 4.69) is 10.5 Å². The summed E-state index contributed by atoms with van der Waals surface area (Å²) in [6, 6.07) is 5.12. The molecule has 1 aliphatic rings. The Hall–Kier alpha value is -2.38. The van der Waals surface area contributed by atoms with Crippen molar-refractivity contribution in [1.82, 2.24) is 5.48 Å². The number of oxime groups is 1. The maximum absolute atomic E-state index is 14.9. The molecule has 1 saturated carbocycles.